The molecular formula is C22H15N3S. The molecular weight excluding hydrogens is 338 g/mol. The summed E-state index contributed by atoms with van der Waals surface area (Å²) in [5.41, 5.74) is 4.18. The first kappa shape index (κ1) is 15.0. The molecule has 26 heavy (non-hydrogen) atoms. The number of hydrogen-bond acceptors (Lipinski definition) is 3. The van der Waals surface area contributed by atoms with Gasteiger partial charge in [-0.25, -0.2) is 4.68 Å². The summed E-state index contributed by atoms with van der Waals surface area (Å²) < 4.78 is 1.89. The van der Waals surface area contributed by atoms with E-state index in [4.69, 9.17) is 5.10 Å². The standard InChI is InChI=1S/C22H15N3S/c1-2-7-19-16(5-1)6-3-8-20(19)21-10-11-25(24-21)18-13-17(14-23-15-18)22-9-4-12-26-22/h1-15H. The van der Waals surface area contributed by atoms with E-state index in [0.29, 0.717) is 0 Å². The van der Waals surface area contributed by atoms with Crippen LogP contribution in [0.25, 0.3) is 38.2 Å². The van der Waals surface area contributed by atoms with Crippen LogP contribution in [-0.2, 0) is 0 Å². The Morgan fingerprint density at radius 1 is 0.846 bits per heavy atom. The highest BCUT2D eigenvalue weighted by molar-refractivity contribution is 7.13. The van der Waals surface area contributed by atoms with Gasteiger partial charge in [0.15, 0.2) is 0 Å². The van der Waals surface area contributed by atoms with E-state index in [-0.39, 0.29) is 0 Å². The summed E-state index contributed by atoms with van der Waals surface area (Å²) in [4.78, 5) is 5.60. The summed E-state index contributed by atoms with van der Waals surface area (Å²) in [7, 11) is 0. The van der Waals surface area contributed by atoms with Crippen LogP contribution in [0.15, 0.2) is 90.7 Å². The van der Waals surface area contributed by atoms with Crippen LogP contribution in [0.2, 0.25) is 0 Å². The Kier molecular flexibility index (Phi) is 3.61. The van der Waals surface area contributed by atoms with Gasteiger partial charge in [-0.1, -0.05) is 48.5 Å². The molecule has 124 valence electrons. The van der Waals surface area contributed by atoms with Gasteiger partial charge in [0.05, 0.1) is 17.6 Å². The summed E-state index contributed by atoms with van der Waals surface area (Å²) in [5.74, 6) is 0. The number of benzene rings is 2. The van der Waals surface area contributed by atoms with Gasteiger partial charge in [0.25, 0.3) is 0 Å². The van der Waals surface area contributed by atoms with Gasteiger partial charge in [0.2, 0.25) is 0 Å². The molecule has 5 rings (SSSR count). The van der Waals surface area contributed by atoms with Gasteiger partial charge in [0.1, 0.15) is 0 Å². The first-order valence-electron chi connectivity index (χ1n) is 8.42. The smallest absolute Gasteiger partial charge is 0.0933 e. The van der Waals surface area contributed by atoms with Gasteiger partial charge >= 0.3 is 0 Å². The van der Waals surface area contributed by atoms with Crippen molar-refractivity contribution in [2.24, 2.45) is 0 Å². The van der Waals surface area contributed by atoms with E-state index in [9.17, 15) is 0 Å². The third-order valence-electron chi connectivity index (χ3n) is 4.45. The molecule has 3 aromatic heterocycles. The Hall–Kier alpha value is -3.24. The molecule has 3 heterocycles. The topological polar surface area (TPSA) is 30.7 Å². The largest absolute Gasteiger partial charge is 0.262 e. The van der Waals surface area contributed by atoms with E-state index in [1.807, 2.05) is 23.3 Å². The van der Waals surface area contributed by atoms with Crippen molar-refractivity contribution in [2.45, 2.75) is 0 Å². The lowest BCUT2D eigenvalue weighted by Gasteiger charge is -2.05. The van der Waals surface area contributed by atoms with E-state index >= 15 is 0 Å². The van der Waals surface area contributed by atoms with Crippen molar-refractivity contribution in [2.75, 3.05) is 0 Å². The average Bonchev–Trinajstić information content (AvgIpc) is 3.40. The zero-order valence-corrected chi connectivity index (χ0v) is 14.7. The molecule has 4 heteroatoms. The minimum absolute atomic E-state index is 0.961. The number of thiophene rings is 1. The average molecular weight is 353 g/mol. The molecule has 0 spiro atoms. The van der Waals surface area contributed by atoms with Gasteiger partial charge < -0.3 is 0 Å². The van der Waals surface area contributed by atoms with Gasteiger partial charge in [0, 0.05) is 28.4 Å². The van der Waals surface area contributed by atoms with Crippen molar-refractivity contribution in [1.29, 1.82) is 0 Å². The molecule has 0 aliphatic rings. The Balaban J connectivity index is 1.58. The van der Waals surface area contributed by atoms with E-state index in [2.05, 4.69) is 77.1 Å². The minimum atomic E-state index is 0.961. The fraction of sp³-hybridized carbons (Fsp3) is 0. The Labute approximate surface area is 155 Å². The quantitative estimate of drug-likeness (QED) is 0.409. The zero-order chi connectivity index (χ0) is 17.3. The summed E-state index contributed by atoms with van der Waals surface area (Å²) in [6, 6.07) is 23.1. The highest BCUT2D eigenvalue weighted by Gasteiger charge is 2.09. The van der Waals surface area contributed by atoms with Gasteiger partial charge in [-0.2, -0.15) is 5.10 Å². The normalized spacial score (nSPS) is 11.1. The number of nitrogens with zero attached hydrogens (tertiary/aromatic N) is 3. The molecule has 3 nitrogen and oxygen atoms in total. The van der Waals surface area contributed by atoms with Crippen LogP contribution in [0.3, 0.4) is 0 Å². The molecule has 0 aliphatic heterocycles. The molecule has 0 unspecified atom stereocenters. The van der Waals surface area contributed by atoms with Crippen molar-refractivity contribution >= 4 is 22.1 Å². The number of fused-ring (bicyclic) bond motifs is 1. The first-order chi connectivity index (χ1) is 12.9. The number of aromatic nitrogens is 3. The molecule has 0 fully saturated rings. The fourth-order valence-electron chi connectivity index (χ4n) is 3.19. The second-order valence-corrected chi connectivity index (χ2v) is 7.03. The van der Waals surface area contributed by atoms with Crippen LogP contribution in [-0.4, -0.2) is 14.8 Å². The van der Waals surface area contributed by atoms with E-state index < -0.39 is 0 Å². The monoisotopic (exact) mass is 353 g/mol. The summed E-state index contributed by atoms with van der Waals surface area (Å²) >= 11 is 1.71. The highest BCUT2D eigenvalue weighted by atomic mass is 32.1. The number of rotatable bonds is 3. The predicted molar refractivity (Wildman–Crippen MR) is 108 cm³/mol. The lowest BCUT2D eigenvalue weighted by molar-refractivity contribution is 0.878. The number of hydrogen-bond donors (Lipinski definition) is 0. The van der Waals surface area contributed by atoms with Crippen LogP contribution in [0.1, 0.15) is 0 Å². The summed E-state index contributed by atoms with van der Waals surface area (Å²) in [6.45, 7) is 0. The van der Waals surface area contributed by atoms with Crippen molar-refractivity contribution in [3.63, 3.8) is 0 Å². The summed E-state index contributed by atoms with van der Waals surface area (Å²) in [5, 5.41) is 9.32. The Morgan fingerprint density at radius 3 is 2.69 bits per heavy atom. The summed E-state index contributed by atoms with van der Waals surface area (Å²) in [6.07, 6.45) is 5.73. The van der Waals surface area contributed by atoms with Crippen molar-refractivity contribution < 1.29 is 0 Å². The van der Waals surface area contributed by atoms with Crippen LogP contribution >= 0.6 is 11.3 Å². The lowest BCUT2D eigenvalue weighted by Crippen LogP contribution is -1.96. The maximum absolute atomic E-state index is 4.80. The molecule has 0 bridgehead atoms. The van der Waals surface area contributed by atoms with Crippen LogP contribution in [0.4, 0.5) is 0 Å². The van der Waals surface area contributed by atoms with Crippen molar-refractivity contribution in [3.8, 4) is 27.4 Å². The van der Waals surface area contributed by atoms with Crippen LogP contribution in [0.5, 0.6) is 0 Å². The third-order valence-corrected chi connectivity index (χ3v) is 5.37. The van der Waals surface area contributed by atoms with E-state index in [1.165, 1.54) is 15.6 Å². The van der Waals surface area contributed by atoms with Gasteiger partial charge in [-0.15, -0.1) is 11.3 Å². The third kappa shape index (κ3) is 2.61. The molecule has 0 saturated carbocycles. The molecule has 0 aliphatic carbocycles. The van der Waals surface area contributed by atoms with E-state index in [0.717, 1.165) is 22.5 Å². The molecule has 5 aromatic rings. The molecule has 0 saturated heterocycles. The molecule has 0 atom stereocenters. The fourth-order valence-corrected chi connectivity index (χ4v) is 3.90. The maximum atomic E-state index is 4.80. The second kappa shape index (κ2) is 6.24. The predicted octanol–water partition coefficient (Wildman–Crippen LogP) is 5.82. The van der Waals surface area contributed by atoms with Gasteiger partial charge in [-0.3, -0.25) is 4.98 Å². The SMILES string of the molecule is c1csc(-c2cncc(-n3ccc(-c4cccc5ccccc45)n3)c2)c1. The molecule has 0 radical (unpaired) electrons. The number of pyridine rings is 1. The second-order valence-electron chi connectivity index (χ2n) is 6.08. The Bertz CT molecular complexity index is 1180. The van der Waals surface area contributed by atoms with Crippen LogP contribution < -0.4 is 0 Å². The highest BCUT2D eigenvalue weighted by Crippen LogP contribution is 2.29. The Morgan fingerprint density at radius 2 is 1.77 bits per heavy atom. The van der Waals surface area contributed by atoms with Gasteiger partial charge in [-0.05, 0) is 34.4 Å². The van der Waals surface area contributed by atoms with E-state index in [1.54, 1.807) is 11.3 Å². The first-order valence-corrected chi connectivity index (χ1v) is 9.29. The minimum Gasteiger partial charge on any atom is -0.262 e. The van der Waals surface area contributed by atoms with Crippen molar-refractivity contribution in [1.82, 2.24) is 14.8 Å². The molecule has 0 N–H and O–H groups in total. The zero-order valence-electron chi connectivity index (χ0n) is 13.9. The maximum Gasteiger partial charge on any atom is 0.0933 e. The molecule has 2 aromatic carbocycles. The van der Waals surface area contributed by atoms with Crippen LogP contribution in [0, 0.1) is 0 Å². The molecule has 0 amide bonds. The lowest BCUT2D eigenvalue weighted by atomic mass is 10.0. The van der Waals surface area contributed by atoms with Crippen molar-refractivity contribution in [3.05, 3.63) is 90.7 Å².